The summed E-state index contributed by atoms with van der Waals surface area (Å²) in [5.41, 5.74) is 0.841. The van der Waals surface area contributed by atoms with E-state index < -0.39 is 0 Å². The SMILES string of the molecule is CC(C)(c1ccccc1)c1nc(COc2cccc(F)c2)nn1C1CCOC1. The molecule has 1 aliphatic heterocycles. The molecule has 28 heavy (non-hydrogen) atoms. The highest BCUT2D eigenvalue weighted by atomic mass is 19.1. The standard InChI is InChI=1S/C22H24FN3O2/c1-22(2,16-7-4-3-5-8-16)21-24-20(25-26(21)18-11-12-27-14-18)15-28-19-10-6-9-17(23)13-19/h3-10,13,18H,11-12,14-15H2,1-2H3. The van der Waals surface area contributed by atoms with Crippen LogP contribution in [-0.4, -0.2) is 28.0 Å². The summed E-state index contributed by atoms with van der Waals surface area (Å²) in [6.07, 6.45) is 0.908. The van der Waals surface area contributed by atoms with E-state index in [0.29, 0.717) is 18.2 Å². The lowest BCUT2D eigenvalue weighted by Gasteiger charge is -2.26. The summed E-state index contributed by atoms with van der Waals surface area (Å²) in [4.78, 5) is 4.82. The van der Waals surface area contributed by atoms with Gasteiger partial charge < -0.3 is 9.47 Å². The molecule has 0 bridgehead atoms. The van der Waals surface area contributed by atoms with Crippen molar-refractivity contribution in [3.05, 3.63) is 77.6 Å². The molecular formula is C22H24FN3O2. The monoisotopic (exact) mass is 381 g/mol. The minimum atomic E-state index is -0.329. The third-order valence-corrected chi connectivity index (χ3v) is 5.15. The number of ether oxygens (including phenoxy) is 2. The third kappa shape index (κ3) is 3.78. The van der Waals surface area contributed by atoms with Crippen LogP contribution in [-0.2, 0) is 16.8 Å². The first kappa shape index (κ1) is 18.6. The molecule has 0 aliphatic carbocycles. The molecule has 0 amide bonds. The number of nitrogens with zero attached hydrogens (tertiary/aromatic N) is 3. The molecule has 146 valence electrons. The molecule has 4 rings (SSSR count). The van der Waals surface area contributed by atoms with Crippen molar-refractivity contribution in [1.29, 1.82) is 0 Å². The zero-order valence-corrected chi connectivity index (χ0v) is 16.1. The highest BCUT2D eigenvalue weighted by Gasteiger charge is 2.33. The lowest BCUT2D eigenvalue weighted by molar-refractivity contribution is 0.183. The second kappa shape index (κ2) is 7.72. The molecule has 5 nitrogen and oxygen atoms in total. The van der Waals surface area contributed by atoms with Crippen LogP contribution in [0.15, 0.2) is 54.6 Å². The first-order valence-electron chi connectivity index (χ1n) is 9.51. The number of benzene rings is 2. The fourth-order valence-corrected chi connectivity index (χ4v) is 3.51. The Bertz CT molecular complexity index is 934. The number of hydrogen-bond donors (Lipinski definition) is 0. The lowest BCUT2D eigenvalue weighted by atomic mass is 9.83. The van der Waals surface area contributed by atoms with E-state index in [0.717, 1.165) is 18.9 Å². The van der Waals surface area contributed by atoms with Crippen molar-refractivity contribution >= 4 is 0 Å². The molecule has 0 N–H and O–H groups in total. The Hall–Kier alpha value is -2.73. The molecule has 2 heterocycles. The Labute approximate surface area is 164 Å². The van der Waals surface area contributed by atoms with Gasteiger partial charge in [0.1, 0.15) is 24.0 Å². The van der Waals surface area contributed by atoms with Crippen LogP contribution in [0.2, 0.25) is 0 Å². The van der Waals surface area contributed by atoms with E-state index in [9.17, 15) is 4.39 Å². The summed E-state index contributed by atoms with van der Waals surface area (Å²) in [5.74, 6) is 1.59. The molecule has 1 saturated heterocycles. The minimum Gasteiger partial charge on any atom is -0.485 e. The van der Waals surface area contributed by atoms with E-state index in [1.54, 1.807) is 12.1 Å². The van der Waals surface area contributed by atoms with Gasteiger partial charge in [-0.05, 0) is 38.0 Å². The zero-order chi connectivity index (χ0) is 19.6. The molecule has 1 aromatic heterocycles. The highest BCUT2D eigenvalue weighted by molar-refractivity contribution is 5.31. The van der Waals surface area contributed by atoms with Gasteiger partial charge in [-0.25, -0.2) is 14.1 Å². The maximum absolute atomic E-state index is 13.4. The molecule has 1 unspecified atom stereocenters. The van der Waals surface area contributed by atoms with Gasteiger partial charge in [0.15, 0.2) is 5.82 Å². The number of aromatic nitrogens is 3. The second-order valence-corrected chi connectivity index (χ2v) is 7.55. The van der Waals surface area contributed by atoms with Crippen molar-refractivity contribution < 1.29 is 13.9 Å². The van der Waals surface area contributed by atoms with Gasteiger partial charge in [0, 0.05) is 18.1 Å². The molecular weight excluding hydrogens is 357 g/mol. The number of hydrogen-bond acceptors (Lipinski definition) is 4. The maximum atomic E-state index is 13.4. The van der Waals surface area contributed by atoms with Gasteiger partial charge in [-0.15, -0.1) is 0 Å². The average Bonchev–Trinajstić information content (AvgIpc) is 3.37. The van der Waals surface area contributed by atoms with Crippen molar-refractivity contribution in [2.24, 2.45) is 0 Å². The van der Waals surface area contributed by atoms with Crippen molar-refractivity contribution in [1.82, 2.24) is 14.8 Å². The van der Waals surface area contributed by atoms with Crippen LogP contribution >= 0.6 is 0 Å². The van der Waals surface area contributed by atoms with Gasteiger partial charge in [0.2, 0.25) is 0 Å². The van der Waals surface area contributed by atoms with E-state index in [2.05, 4.69) is 26.0 Å². The predicted octanol–water partition coefficient (Wildman–Crippen LogP) is 4.28. The summed E-state index contributed by atoms with van der Waals surface area (Å²) >= 11 is 0. The Morgan fingerprint density at radius 3 is 2.71 bits per heavy atom. The molecule has 0 radical (unpaired) electrons. The van der Waals surface area contributed by atoms with Crippen LogP contribution in [0.4, 0.5) is 4.39 Å². The van der Waals surface area contributed by atoms with Crippen LogP contribution in [0.1, 0.15) is 43.5 Å². The van der Waals surface area contributed by atoms with Crippen LogP contribution in [0, 0.1) is 5.82 Å². The molecule has 1 atom stereocenters. The fourth-order valence-electron chi connectivity index (χ4n) is 3.51. The summed E-state index contributed by atoms with van der Waals surface area (Å²) < 4.78 is 26.7. The zero-order valence-electron chi connectivity index (χ0n) is 16.1. The van der Waals surface area contributed by atoms with Crippen LogP contribution in [0.5, 0.6) is 5.75 Å². The lowest BCUT2D eigenvalue weighted by Crippen LogP contribution is -2.27. The van der Waals surface area contributed by atoms with Gasteiger partial charge in [-0.3, -0.25) is 0 Å². The Morgan fingerprint density at radius 2 is 2.00 bits per heavy atom. The van der Waals surface area contributed by atoms with E-state index in [4.69, 9.17) is 19.6 Å². The number of halogens is 1. The van der Waals surface area contributed by atoms with E-state index in [1.807, 2.05) is 22.9 Å². The van der Waals surface area contributed by atoms with Gasteiger partial charge in [0.25, 0.3) is 0 Å². The smallest absolute Gasteiger partial charge is 0.188 e. The second-order valence-electron chi connectivity index (χ2n) is 7.55. The predicted molar refractivity (Wildman–Crippen MR) is 104 cm³/mol. The van der Waals surface area contributed by atoms with Crippen LogP contribution < -0.4 is 4.74 Å². The summed E-state index contributed by atoms with van der Waals surface area (Å²) in [5, 5.41) is 4.73. The first-order chi connectivity index (χ1) is 13.5. The maximum Gasteiger partial charge on any atom is 0.188 e. The minimum absolute atomic E-state index is 0.161. The van der Waals surface area contributed by atoms with E-state index in [-0.39, 0.29) is 23.9 Å². The van der Waals surface area contributed by atoms with E-state index in [1.165, 1.54) is 17.7 Å². The average molecular weight is 381 g/mol. The summed E-state index contributed by atoms with van der Waals surface area (Å²) in [6.45, 7) is 5.84. The normalized spacial score (nSPS) is 17.0. The third-order valence-electron chi connectivity index (χ3n) is 5.15. The van der Waals surface area contributed by atoms with Crippen LogP contribution in [0.25, 0.3) is 0 Å². The van der Waals surface area contributed by atoms with Gasteiger partial charge in [0.05, 0.1) is 12.6 Å². The molecule has 0 spiro atoms. The molecule has 2 aromatic carbocycles. The summed E-state index contributed by atoms with van der Waals surface area (Å²) in [7, 11) is 0. The molecule has 1 fully saturated rings. The van der Waals surface area contributed by atoms with Gasteiger partial charge >= 0.3 is 0 Å². The Morgan fingerprint density at radius 1 is 1.18 bits per heavy atom. The van der Waals surface area contributed by atoms with Gasteiger partial charge in [-0.1, -0.05) is 36.4 Å². The fraction of sp³-hybridized carbons (Fsp3) is 0.364. The van der Waals surface area contributed by atoms with Crippen molar-refractivity contribution in [3.8, 4) is 5.75 Å². The van der Waals surface area contributed by atoms with Crippen molar-refractivity contribution in [3.63, 3.8) is 0 Å². The Kier molecular flexibility index (Phi) is 5.13. The van der Waals surface area contributed by atoms with E-state index >= 15 is 0 Å². The largest absolute Gasteiger partial charge is 0.485 e. The summed E-state index contributed by atoms with van der Waals surface area (Å²) in [6, 6.07) is 16.5. The van der Waals surface area contributed by atoms with Crippen molar-refractivity contribution in [2.45, 2.75) is 38.3 Å². The molecule has 6 heteroatoms. The topological polar surface area (TPSA) is 49.2 Å². The van der Waals surface area contributed by atoms with Gasteiger partial charge in [-0.2, -0.15) is 5.10 Å². The first-order valence-corrected chi connectivity index (χ1v) is 9.51. The van der Waals surface area contributed by atoms with Crippen LogP contribution in [0.3, 0.4) is 0 Å². The highest BCUT2D eigenvalue weighted by Crippen LogP contribution is 2.33. The quantitative estimate of drug-likeness (QED) is 0.639. The molecule has 1 aliphatic rings. The number of rotatable bonds is 6. The molecule has 0 saturated carbocycles. The Balaban J connectivity index is 1.65. The van der Waals surface area contributed by atoms with Crippen molar-refractivity contribution in [2.75, 3.05) is 13.2 Å². The molecule has 3 aromatic rings.